The zero-order valence-electron chi connectivity index (χ0n) is 11.2. The van der Waals surface area contributed by atoms with Crippen molar-refractivity contribution in [3.8, 4) is 22.6 Å². The molecule has 0 fully saturated rings. The third-order valence-electron chi connectivity index (χ3n) is 3.22. The minimum atomic E-state index is -0.419. The Hall–Kier alpha value is -1.69. The van der Waals surface area contributed by atoms with Gasteiger partial charge in [-0.05, 0) is 53.8 Å². The molecule has 0 spiro atoms. The maximum atomic E-state index is 14.4. The van der Waals surface area contributed by atoms with Crippen molar-refractivity contribution in [3.05, 3.63) is 69.3 Å². The van der Waals surface area contributed by atoms with E-state index in [1.54, 1.807) is 0 Å². The van der Waals surface area contributed by atoms with Gasteiger partial charge in [0.1, 0.15) is 5.82 Å². The molecule has 0 aliphatic carbocycles. The summed E-state index contributed by atoms with van der Waals surface area (Å²) in [5.74, 6) is -0.153. The topological polar surface area (TPSA) is 13.1 Å². The Bertz CT molecular complexity index is 708. The van der Waals surface area contributed by atoms with Gasteiger partial charge in [0, 0.05) is 11.1 Å². The molecule has 0 amide bonds. The Morgan fingerprint density at radius 1 is 0.810 bits per heavy atom. The molecule has 0 N–H and O–H groups in total. The second-order valence-electron chi connectivity index (χ2n) is 4.76. The minimum absolute atomic E-state index is 0.134. The highest BCUT2D eigenvalue weighted by molar-refractivity contribution is 14.1. The Kier molecular flexibility index (Phi) is 3.80. The summed E-state index contributed by atoms with van der Waals surface area (Å²) in [4.78, 5) is 0. The van der Waals surface area contributed by atoms with E-state index in [1.807, 2.05) is 53.8 Å². The smallest absolute Gasteiger partial charge is 0.183 e. The van der Waals surface area contributed by atoms with Gasteiger partial charge in [-0.25, -0.2) is 8.78 Å². The monoisotopic (exact) mass is 396 g/mol. The van der Waals surface area contributed by atoms with Crippen LogP contribution in [0.25, 0.3) is 22.6 Å². The molecule has 3 rings (SSSR count). The van der Waals surface area contributed by atoms with Crippen molar-refractivity contribution in [3.63, 3.8) is 0 Å². The molecule has 2 aromatic carbocycles. The highest BCUT2D eigenvalue weighted by Crippen LogP contribution is 2.36. The van der Waals surface area contributed by atoms with Crippen LogP contribution in [0.5, 0.6) is 0 Å². The lowest BCUT2D eigenvalue weighted by Gasteiger charge is -1.99. The third-order valence-corrected chi connectivity index (χ3v) is 4.18. The fourth-order valence-electron chi connectivity index (χ4n) is 2.07. The summed E-state index contributed by atoms with van der Waals surface area (Å²) in [5.41, 5.74) is 2.46. The quantitative estimate of drug-likeness (QED) is 0.499. The molecule has 106 valence electrons. The van der Waals surface area contributed by atoms with Gasteiger partial charge in [0.05, 0.1) is 3.57 Å². The number of aryl methyl sites for hydroxylation is 1. The molecule has 1 heterocycles. The van der Waals surface area contributed by atoms with E-state index in [0.29, 0.717) is 14.9 Å². The summed E-state index contributed by atoms with van der Waals surface area (Å²) in [5, 5.41) is 0. The van der Waals surface area contributed by atoms with Crippen LogP contribution in [-0.4, -0.2) is 0 Å². The second-order valence-corrected chi connectivity index (χ2v) is 5.84. The molecule has 0 aliphatic rings. The van der Waals surface area contributed by atoms with E-state index in [2.05, 4.69) is 0 Å². The normalized spacial score (nSPS) is 10.9. The number of benzene rings is 2. The van der Waals surface area contributed by atoms with Crippen molar-refractivity contribution in [2.45, 2.75) is 6.92 Å². The Balaban J connectivity index is 2.11. The van der Waals surface area contributed by atoms with Gasteiger partial charge in [-0.15, -0.1) is 0 Å². The average Bonchev–Trinajstić information content (AvgIpc) is 2.78. The van der Waals surface area contributed by atoms with Crippen LogP contribution in [-0.2, 0) is 0 Å². The van der Waals surface area contributed by atoms with Crippen LogP contribution in [0.15, 0.2) is 52.9 Å². The predicted molar refractivity (Wildman–Crippen MR) is 87.0 cm³/mol. The summed E-state index contributed by atoms with van der Waals surface area (Å²) in [6.07, 6.45) is 0. The largest absolute Gasteiger partial charge is 0.452 e. The van der Waals surface area contributed by atoms with Crippen molar-refractivity contribution < 1.29 is 13.2 Å². The Labute approximate surface area is 134 Å². The highest BCUT2D eigenvalue weighted by Gasteiger charge is 2.20. The van der Waals surface area contributed by atoms with E-state index in [1.165, 1.54) is 24.3 Å². The van der Waals surface area contributed by atoms with Gasteiger partial charge in [0.25, 0.3) is 0 Å². The molecule has 1 nitrogen and oxygen atoms in total. The number of halogens is 3. The molecular formula is C17H11F2IO. The van der Waals surface area contributed by atoms with Gasteiger partial charge >= 0.3 is 0 Å². The van der Waals surface area contributed by atoms with E-state index in [9.17, 15) is 8.78 Å². The third kappa shape index (κ3) is 2.72. The first-order valence-corrected chi connectivity index (χ1v) is 7.45. The maximum absolute atomic E-state index is 14.4. The first-order chi connectivity index (χ1) is 10.1. The molecule has 21 heavy (non-hydrogen) atoms. The van der Waals surface area contributed by atoms with Crippen molar-refractivity contribution in [1.82, 2.24) is 0 Å². The lowest BCUT2D eigenvalue weighted by Crippen LogP contribution is -1.81. The molecular weight excluding hydrogens is 385 g/mol. The molecule has 0 radical (unpaired) electrons. The summed E-state index contributed by atoms with van der Waals surface area (Å²) >= 11 is 1.93. The number of furan rings is 1. The van der Waals surface area contributed by atoms with Crippen molar-refractivity contribution in [2.24, 2.45) is 0 Å². The predicted octanol–water partition coefficient (Wildman–Crippen LogP) is 5.80. The molecule has 1 aromatic heterocycles. The summed E-state index contributed by atoms with van der Waals surface area (Å²) in [6, 6.07) is 13.3. The summed E-state index contributed by atoms with van der Waals surface area (Å²) in [7, 11) is 0. The van der Waals surface area contributed by atoms with E-state index < -0.39 is 5.82 Å². The van der Waals surface area contributed by atoms with Crippen LogP contribution >= 0.6 is 22.6 Å². The zero-order chi connectivity index (χ0) is 15.0. The maximum Gasteiger partial charge on any atom is 0.183 e. The summed E-state index contributed by atoms with van der Waals surface area (Å²) in [6.45, 7) is 1.99. The highest BCUT2D eigenvalue weighted by atomic mass is 127. The first-order valence-electron chi connectivity index (χ1n) is 6.37. The molecule has 0 bridgehead atoms. The van der Waals surface area contributed by atoms with Gasteiger partial charge in [-0.1, -0.05) is 29.8 Å². The van der Waals surface area contributed by atoms with Gasteiger partial charge in [0.15, 0.2) is 17.3 Å². The second kappa shape index (κ2) is 5.60. The van der Waals surface area contributed by atoms with Crippen LogP contribution in [0, 0.1) is 22.1 Å². The van der Waals surface area contributed by atoms with E-state index >= 15 is 0 Å². The van der Waals surface area contributed by atoms with Gasteiger partial charge < -0.3 is 4.42 Å². The molecule has 4 heteroatoms. The number of hydrogen-bond acceptors (Lipinski definition) is 1. The molecule has 0 unspecified atom stereocenters. The van der Waals surface area contributed by atoms with Crippen LogP contribution in [0.4, 0.5) is 8.78 Å². The van der Waals surface area contributed by atoms with Crippen LogP contribution in [0.1, 0.15) is 5.56 Å². The number of hydrogen-bond donors (Lipinski definition) is 0. The van der Waals surface area contributed by atoms with E-state index in [-0.39, 0.29) is 11.6 Å². The van der Waals surface area contributed by atoms with Crippen molar-refractivity contribution in [2.75, 3.05) is 0 Å². The lowest BCUT2D eigenvalue weighted by molar-refractivity contribution is 0.557. The lowest BCUT2D eigenvalue weighted by atomic mass is 10.1. The summed E-state index contributed by atoms with van der Waals surface area (Å²) < 4.78 is 33.5. The Morgan fingerprint density at radius 3 is 1.95 bits per heavy atom. The fraction of sp³-hybridized carbons (Fsp3) is 0.0588. The number of rotatable bonds is 2. The van der Waals surface area contributed by atoms with Gasteiger partial charge in [-0.3, -0.25) is 0 Å². The standard InChI is InChI=1S/C17H11F2IO/c1-10-2-4-12(5-3-10)17-15(20)14(19)16(21-17)11-6-8-13(18)9-7-11/h2-9H,1H3. The molecule has 0 saturated heterocycles. The fourth-order valence-corrected chi connectivity index (χ4v) is 2.73. The van der Waals surface area contributed by atoms with Crippen molar-refractivity contribution >= 4 is 22.6 Å². The zero-order valence-corrected chi connectivity index (χ0v) is 13.3. The molecule has 0 aliphatic heterocycles. The molecule has 3 aromatic rings. The van der Waals surface area contributed by atoms with E-state index in [0.717, 1.165) is 11.1 Å². The minimum Gasteiger partial charge on any atom is -0.452 e. The first kappa shape index (κ1) is 14.3. The van der Waals surface area contributed by atoms with Crippen molar-refractivity contribution in [1.29, 1.82) is 0 Å². The van der Waals surface area contributed by atoms with E-state index in [4.69, 9.17) is 4.42 Å². The van der Waals surface area contributed by atoms with Crippen LogP contribution in [0.3, 0.4) is 0 Å². The van der Waals surface area contributed by atoms with Crippen LogP contribution in [0.2, 0.25) is 0 Å². The van der Waals surface area contributed by atoms with Gasteiger partial charge in [0.2, 0.25) is 0 Å². The SMILES string of the molecule is Cc1ccc(-c2oc(-c3ccc(F)cc3)c(F)c2I)cc1. The Morgan fingerprint density at radius 2 is 1.33 bits per heavy atom. The van der Waals surface area contributed by atoms with Crippen LogP contribution < -0.4 is 0 Å². The van der Waals surface area contributed by atoms with Gasteiger partial charge in [-0.2, -0.15) is 0 Å². The average molecular weight is 396 g/mol. The molecule has 0 atom stereocenters. The molecule has 0 saturated carbocycles.